The monoisotopic (exact) mass is 411 g/mol. The summed E-state index contributed by atoms with van der Waals surface area (Å²) in [5.41, 5.74) is 5.66. The third kappa shape index (κ3) is 5.78. The highest BCUT2D eigenvalue weighted by molar-refractivity contribution is 5.81. The van der Waals surface area contributed by atoms with Gasteiger partial charge in [0.05, 0.1) is 5.92 Å². The number of pyridine rings is 1. The van der Waals surface area contributed by atoms with Gasteiger partial charge < -0.3 is 10.6 Å². The van der Waals surface area contributed by atoms with E-state index in [4.69, 9.17) is 5.73 Å². The van der Waals surface area contributed by atoms with Crippen molar-refractivity contribution in [2.45, 2.75) is 63.6 Å². The van der Waals surface area contributed by atoms with Crippen molar-refractivity contribution in [3.05, 3.63) is 29.6 Å². The maximum atomic E-state index is 12.7. The van der Waals surface area contributed by atoms with Crippen LogP contribution in [0.25, 0.3) is 0 Å². The quantitative estimate of drug-likeness (QED) is 0.806. The number of hydrogen-bond acceptors (Lipinski definition) is 4. The van der Waals surface area contributed by atoms with Crippen LogP contribution in [0.4, 0.5) is 13.2 Å². The lowest BCUT2D eigenvalue weighted by molar-refractivity contribution is -0.141. The summed E-state index contributed by atoms with van der Waals surface area (Å²) in [6, 6.07) is 2.17. The second kappa shape index (κ2) is 9.24. The minimum Gasteiger partial charge on any atom is -0.342 e. The predicted octanol–water partition coefficient (Wildman–Crippen LogP) is 3.36. The lowest BCUT2D eigenvalue weighted by Crippen LogP contribution is -2.48. The lowest BCUT2D eigenvalue weighted by atomic mass is 9.83. The normalized spacial score (nSPS) is 23.8. The number of hydrogen-bond donors (Lipinski definition) is 1. The van der Waals surface area contributed by atoms with Crippen molar-refractivity contribution in [3.63, 3.8) is 0 Å². The molecule has 1 aromatic heterocycles. The molecule has 2 atom stereocenters. The summed E-state index contributed by atoms with van der Waals surface area (Å²) in [7, 11) is 0. The third-order valence-electron chi connectivity index (χ3n) is 6.10. The van der Waals surface area contributed by atoms with Crippen LogP contribution in [0.1, 0.15) is 56.2 Å². The summed E-state index contributed by atoms with van der Waals surface area (Å²) < 4.78 is 37.7. The molecule has 160 valence electrons. The van der Waals surface area contributed by atoms with E-state index in [-0.39, 0.29) is 36.0 Å². The average Bonchev–Trinajstić information content (AvgIpc) is 2.68. The molecule has 8 heteroatoms. The van der Waals surface area contributed by atoms with E-state index in [0.29, 0.717) is 25.1 Å². The molecule has 3 rings (SSSR count). The Morgan fingerprint density at radius 2 is 1.79 bits per heavy atom. The van der Waals surface area contributed by atoms with E-state index in [1.807, 2.05) is 4.90 Å². The van der Waals surface area contributed by atoms with Crippen molar-refractivity contribution in [3.8, 4) is 0 Å². The molecule has 1 aromatic rings. The van der Waals surface area contributed by atoms with Gasteiger partial charge in [-0.05, 0) is 43.2 Å². The minimum atomic E-state index is -4.48. The average molecular weight is 411 g/mol. The fourth-order valence-corrected chi connectivity index (χ4v) is 4.38. The Bertz CT molecular complexity index is 713. The SMILES string of the molecule is N[C@H]1CCCC[C@@H]1C(=O)N1CCC(CC(=O)Cc2ccc(C(F)(F)F)nc2)CC1. The Hall–Kier alpha value is -1.96. The number of carbonyl (C=O) groups is 2. The van der Waals surface area contributed by atoms with Crippen molar-refractivity contribution >= 4 is 11.7 Å². The summed E-state index contributed by atoms with van der Waals surface area (Å²) in [5, 5.41) is 0. The zero-order valence-corrected chi connectivity index (χ0v) is 16.5. The van der Waals surface area contributed by atoms with Gasteiger partial charge in [0, 0.05) is 38.2 Å². The summed E-state index contributed by atoms with van der Waals surface area (Å²) >= 11 is 0. The van der Waals surface area contributed by atoms with E-state index in [9.17, 15) is 22.8 Å². The highest BCUT2D eigenvalue weighted by Crippen LogP contribution is 2.29. The van der Waals surface area contributed by atoms with Gasteiger partial charge in [-0.25, -0.2) is 0 Å². The number of halogens is 3. The number of carbonyl (C=O) groups excluding carboxylic acids is 2. The molecule has 0 aromatic carbocycles. The summed E-state index contributed by atoms with van der Waals surface area (Å²) in [5.74, 6) is 0.270. The van der Waals surface area contributed by atoms with Crippen LogP contribution in [-0.4, -0.2) is 40.7 Å². The number of Topliss-reactive ketones (excluding diaryl/α,β-unsaturated/α-hetero) is 1. The van der Waals surface area contributed by atoms with Crippen LogP contribution < -0.4 is 5.73 Å². The van der Waals surface area contributed by atoms with Crippen LogP contribution in [0.2, 0.25) is 0 Å². The Morgan fingerprint density at radius 1 is 1.10 bits per heavy atom. The number of likely N-dealkylation sites (tertiary alicyclic amines) is 1. The third-order valence-corrected chi connectivity index (χ3v) is 6.10. The molecule has 2 fully saturated rings. The highest BCUT2D eigenvalue weighted by atomic mass is 19.4. The Kier molecular flexibility index (Phi) is 6.93. The van der Waals surface area contributed by atoms with E-state index < -0.39 is 11.9 Å². The molecule has 2 heterocycles. The molecule has 1 aliphatic carbocycles. The molecular weight excluding hydrogens is 383 g/mol. The van der Waals surface area contributed by atoms with Crippen molar-refractivity contribution < 1.29 is 22.8 Å². The molecule has 0 radical (unpaired) electrons. The number of nitrogens with two attached hydrogens (primary N) is 1. The number of nitrogens with zero attached hydrogens (tertiary/aromatic N) is 2. The number of rotatable bonds is 5. The molecule has 29 heavy (non-hydrogen) atoms. The molecule has 2 aliphatic rings. The predicted molar refractivity (Wildman–Crippen MR) is 102 cm³/mol. The van der Waals surface area contributed by atoms with Crippen LogP contribution in [0.5, 0.6) is 0 Å². The fourth-order valence-electron chi connectivity index (χ4n) is 4.38. The van der Waals surface area contributed by atoms with Gasteiger partial charge >= 0.3 is 6.18 Å². The maximum absolute atomic E-state index is 12.7. The van der Waals surface area contributed by atoms with Gasteiger partial charge in [0.15, 0.2) is 0 Å². The van der Waals surface area contributed by atoms with Gasteiger partial charge in [-0.15, -0.1) is 0 Å². The fraction of sp³-hybridized carbons (Fsp3) is 0.667. The van der Waals surface area contributed by atoms with Crippen LogP contribution in [0.15, 0.2) is 18.3 Å². The van der Waals surface area contributed by atoms with E-state index >= 15 is 0 Å². The van der Waals surface area contributed by atoms with Gasteiger partial charge in [-0.2, -0.15) is 13.2 Å². The maximum Gasteiger partial charge on any atom is 0.433 e. The van der Waals surface area contributed by atoms with Crippen LogP contribution in [-0.2, 0) is 22.2 Å². The van der Waals surface area contributed by atoms with Crippen LogP contribution >= 0.6 is 0 Å². The van der Waals surface area contributed by atoms with E-state index in [1.54, 1.807) is 0 Å². The van der Waals surface area contributed by atoms with E-state index in [0.717, 1.165) is 50.8 Å². The molecule has 1 saturated carbocycles. The molecule has 0 bridgehead atoms. The molecule has 1 saturated heterocycles. The minimum absolute atomic E-state index is 0.00867. The zero-order valence-electron chi connectivity index (χ0n) is 16.5. The van der Waals surface area contributed by atoms with Crippen LogP contribution in [0, 0.1) is 11.8 Å². The van der Waals surface area contributed by atoms with Crippen molar-refractivity contribution in [1.29, 1.82) is 0 Å². The molecular formula is C21H28F3N3O2. The molecule has 5 nitrogen and oxygen atoms in total. The molecule has 2 N–H and O–H groups in total. The van der Waals surface area contributed by atoms with Crippen molar-refractivity contribution in [2.75, 3.05) is 13.1 Å². The lowest BCUT2D eigenvalue weighted by Gasteiger charge is -2.37. The van der Waals surface area contributed by atoms with Crippen molar-refractivity contribution in [2.24, 2.45) is 17.6 Å². The molecule has 1 aliphatic heterocycles. The number of aromatic nitrogens is 1. The van der Waals surface area contributed by atoms with Gasteiger partial charge in [-0.3, -0.25) is 14.6 Å². The standard InChI is InChI=1S/C21H28F3N3O2/c22-21(23,24)19-6-5-15(13-26-19)12-16(28)11-14-7-9-27(10-8-14)20(29)17-3-1-2-4-18(17)25/h5-6,13-14,17-18H,1-4,7-12,25H2/t17-,18-/m0/s1. The topological polar surface area (TPSA) is 76.3 Å². The van der Waals surface area contributed by atoms with Crippen molar-refractivity contribution in [1.82, 2.24) is 9.88 Å². The first-order valence-electron chi connectivity index (χ1n) is 10.3. The Labute approximate surface area is 168 Å². The Morgan fingerprint density at radius 3 is 2.38 bits per heavy atom. The van der Waals surface area contributed by atoms with Gasteiger partial charge in [0.25, 0.3) is 0 Å². The summed E-state index contributed by atoms with van der Waals surface area (Å²) in [6.45, 7) is 1.28. The Balaban J connectivity index is 1.44. The van der Waals surface area contributed by atoms with Crippen LogP contribution in [0.3, 0.4) is 0 Å². The number of alkyl halides is 3. The first-order valence-corrected chi connectivity index (χ1v) is 10.3. The second-order valence-electron chi connectivity index (χ2n) is 8.29. The van der Waals surface area contributed by atoms with E-state index in [2.05, 4.69) is 4.98 Å². The first-order chi connectivity index (χ1) is 13.7. The molecule has 0 unspecified atom stereocenters. The van der Waals surface area contributed by atoms with Gasteiger partial charge in [-0.1, -0.05) is 18.9 Å². The second-order valence-corrected chi connectivity index (χ2v) is 8.29. The molecule has 1 amide bonds. The number of piperidine rings is 1. The first kappa shape index (κ1) is 21.7. The largest absolute Gasteiger partial charge is 0.433 e. The van der Waals surface area contributed by atoms with Gasteiger partial charge in [0.1, 0.15) is 11.5 Å². The number of ketones is 1. The summed E-state index contributed by atoms with van der Waals surface area (Å²) in [6.07, 6.45) is 2.55. The zero-order chi connectivity index (χ0) is 21.0. The smallest absolute Gasteiger partial charge is 0.342 e. The van der Waals surface area contributed by atoms with Gasteiger partial charge in [0.2, 0.25) is 5.91 Å². The number of amides is 1. The van der Waals surface area contributed by atoms with E-state index in [1.165, 1.54) is 6.07 Å². The summed E-state index contributed by atoms with van der Waals surface area (Å²) in [4.78, 5) is 30.3. The molecule has 0 spiro atoms. The highest BCUT2D eigenvalue weighted by Gasteiger charge is 2.34.